The molecule has 0 radical (unpaired) electrons. The zero-order valence-corrected chi connectivity index (χ0v) is 10.9. The van der Waals surface area contributed by atoms with Crippen LogP contribution >= 0.6 is 0 Å². The largest absolute Gasteiger partial charge is 0.372 e. The Bertz CT molecular complexity index is 399. The molecule has 18 heavy (non-hydrogen) atoms. The highest BCUT2D eigenvalue weighted by Gasteiger charge is 2.41. The van der Waals surface area contributed by atoms with E-state index in [4.69, 9.17) is 9.47 Å². The SMILES string of the molecule is Cn1ccnc1COC1COC2(CCNCC2)C1. The van der Waals surface area contributed by atoms with Gasteiger partial charge in [-0.2, -0.15) is 0 Å². The van der Waals surface area contributed by atoms with Gasteiger partial charge < -0.3 is 19.4 Å². The third-order valence-corrected chi connectivity index (χ3v) is 4.06. The van der Waals surface area contributed by atoms with E-state index in [1.165, 1.54) is 0 Å². The van der Waals surface area contributed by atoms with Gasteiger partial charge in [-0.1, -0.05) is 0 Å². The molecule has 0 aromatic carbocycles. The summed E-state index contributed by atoms with van der Waals surface area (Å²) >= 11 is 0. The van der Waals surface area contributed by atoms with Crippen molar-refractivity contribution >= 4 is 0 Å². The Hall–Kier alpha value is -0.910. The van der Waals surface area contributed by atoms with Crippen molar-refractivity contribution in [1.29, 1.82) is 0 Å². The lowest BCUT2D eigenvalue weighted by atomic mass is 9.89. The second-order valence-electron chi connectivity index (χ2n) is 5.34. The standard InChI is InChI=1S/C13H21N3O2/c1-16-7-6-15-12(16)10-17-11-8-13(18-9-11)2-4-14-5-3-13/h6-7,11,14H,2-5,8-10H2,1H3. The average Bonchev–Trinajstić information content (AvgIpc) is 2.96. The van der Waals surface area contributed by atoms with Crippen molar-refractivity contribution in [3.05, 3.63) is 18.2 Å². The van der Waals surface area contributed by atoms with Gasteiger partial charge in [0, 0.05) is 25.9 Å². The molecule has 5 nitrogen and oxygen atoms in total. The Morgan fingerprint density at radius 3 is 3.11 bits per heavy atom. The lowest BCUT2D eigenvalue weighted by Gasteiger charge is -2.32. The van der Waals surface area contributed by atoms with Crippen molar-refractivity contribution in [2.75, 3.05) is 19.7 Å². The third-order valence-electron chi connectivity index (χ3n) is 4.06. The topological polar surface area (TPSA) is 48.3 Å². The van der Waals surface area contributed by atoms with Crippen LogP contribution in [0.3, 0.4) is 0 Å². The molecule has 5 heteroatoms. The van der Waals surface area contributed by atoms with Crippen LogP contribution in [0.15, 0.2) is 12.4 Å². The molecule has 0 bridgehead atoms. The third kappa shape index (κ3) is 2.43. The van der Waals surface area contributed by atoms with Crippen molar-refractivity contribution in [3.8, 4) is 0 Å². The predicted molar refractivity (Wildman–Crippen MR) is 67.2 cm³/mol. The summed E-state index contributed by atoms with van der Waals surface area (Å²) in [5, 5.41) is 3.38. The number of aromatic nitrogens is 2. The van der Waals surface area contributed by atoms with Crippen molar-refractivity contribution in [2.24, 2.45) is 7.05 Å². The van der Waals surface area contributed by atoms with Gasteiger partial charge in [0.05, 0.1) is 18.3 Å². The number of hydrogen-bond donors (Lipinski definition) is 1. The lowest BCUT2D eigenvalue weighted by Crippen LogP contribution is -2.41. The number of nitrogens with one attached hydrogen (secondary N) is 1. The fraction of sp³-hybridized carbons (Fsp3) is 0.769. The summed E-state index contributed by atoms with van der Waals surface area (Å²) in [4.78, 5) is 4.27. The molecule has 0 saturated carbocycles. The van der Waals surface area contributed by atoms with Crippen LogP contribution in [-0.2, 0) is 23.1 Å². The normalized spacial score (nSPS) is 26.8. The maximum absolute atomic E-state index is 6.00. The van der Waals surface area contributed by atoms with Gasteiger partial charge in [-0.3, -0.25) is 0 Å². The highest BCUT2D eigenvalue weighted by Crippen LogP contribution is 2.35. The average molecular weight is 251 g/mol. The van der Waals surface area contributed by atoms with E-state index in [1.54, 1.807) is 6.20 Å². The van der Waals surface area contributed by atoms with Crippen LogP contribution < -0.4 is 5.32 Å². The van der Waals surface area contributed by atoms with Crippen LogP contribution in [0.5, 0.6) is 0 Å². The van der Waals surface area contributed by atoms with E-state index in [-0.39, 0.29) is 11.7 Å². The molecule has 2 aliphatic heterocycles. The second kappa shape index (κ2) is 4.99. The van der Waals surface area contributed by atoms with Crippen molar-refractivity contribution in [1.82, 2.24) is 14.9 Å². The quantitative estimate of drug-likeness (QED) is 0.865. The highest BCUT2D eigenvalue weighted by atomic mass is 16.6. The molecule has 2 fully saturated rings. The van der Waals surface area contributed by atoms with Gasteiger partial charge >= 0.3 is 0 Å². The number of nitrogens with zero attached hydrogens (tertiary/aromatic N) is 2. The lowest BCUT2D eigenvalue weighted by molar-refractivity contribution is -0.0244. The van der Waals surface area contributed by atoms with Crippen LogP contribution in [0.1, 0.15) is 25.1 Å². The molecule has 0 aliphatic carbocycles. The molecule has 1 spiro atoms. The van der Waals surface area contributed by atoms with E-state index in [0.29, 0.717) is 6.61 Å². The Labute approximate surface area is 107 Å². The van der Waals surface area contributed by atoms with Crippen molar-refractivity contribution in [3.63, 3.8) is 0 Å². The van der Waals surface area contributed by atoms with Crippen molar-refractivity contribution in [2.45, 2.75) is 37.6 Å². The van der Waals surface area contributed by atoms with E-state index in [1.807, 2.05) is 17.8 Å². The van der Waals surface area contributed by atoms with E-state index >= 15 is 0 Å². The van der Waals surface area contributed by atoms with Crippen LogP contribution in [0, 0.1) is 0 Å². The zero-order valence-electron chi connectivity index (χ0n) is 10.9. The van der Waals surface area contributed by atoms with E-state index in [0.717, 1.165) is 44.8 Å². The summed E-state index contributed by atoms with van der Waals surface area (Å²) in [6.45, 7) is 3.43. The summed E-state index contributed by atoms with van der Waals surface area (Å²) in [5.74, 6) is 0.973. The Morgan fingerprint density at radius 1 is 1.56 bits per heavy atom. The molecule has 0 amide bonds. The summed E-state index contributed by atoms with van der Waals surface area (Å²) in [7, 11) is 1.99. The fourth-order valence-corrected chi connectivity index (χ4v) is 2.87. The summed E-state index contributed by atoms with van der Waals surface area (Å²) < 4.78 is 13.9. The van der Waals surface area contributed by atoms with Crippen LogP contribution in [-0.4, -0.2) is 41.0 Å². The minimum absolute atomic E-state index is 0.0809. The molecule has 1 aromatic heterocycles. The first-order chi connectivity index (χ1) is 8.77. The van der Waals surface area contributed by atoms with E-state index in [9.17, 15) is 0 Å². The van der Waals surface area contributed by atoms with Crippen LogP contribution in [0.25, 0.3) is 0 Å². The fourth-order valence-electron chi connectivity index (χ4n) is 2.87. The Kier molecular flexibility index (Phi) is 3.37. The van der Waals surface area contributed by atoms with Gasteiger partial charge in [0.1, 0.15) is 12.4 Å². The first kappa shape index (κ1) is 12.1. The second-order valence-corrected chi connectivity index (χ2v) is 5.34. The molecule has 1 aromatic rings. The molecular formula is C13H21N3O2. The number of ether oxygens (including phenoxy) is 2. The van der Waals surface area contributed by atoms with Gasteiger partial charge in [-0.05, 0) is 25.9 Å². The maximum atomic E-state index is 6.00. The zero-order chi connectivity index (χ0) is 12.4. The van der Waals surface area contributed by atoms with Crippen LogP contribution in [0.2, 0.25) is 0 Å². The molecule has 1 N–H and O–H groups in total. The molecule has 100 valence electrons. The summed E-state index contributed by atoms with van der Waals surface area (Å²) in [5.41, 5.74) is 0.0809. The molecule has 2 aliphatic rings. The Morgan fingerprint density at radius 2 is 2.39 bits per heavy atom. The summed E-state index contributed by atoms with van der Waals surface area (Å²) in [6.07, 6.45) is 7.21. The van der Waals surface area contributed by atoms with Gasteiger partial charge in [-0.15, -0.1) is 0 Å². The first-order valence-electron chi connectivity index (χ1n) is 6.70. The molecule has 2 saturated heterocycles. The molecule has 3 heterocycles. The highest BCUT2D eigenvalue weighted by molar-refractivity contribution is 4.94. The molecule has 3 rings (SSSR count). The van der Waals surface area contributed by atoms with Crippen LogP contribution in [0.4, 0.5) is 0 Å². The number of imidazole rings is 1. The van der Waals surface area contributed by atoms with Gasteiger partial charge in [0.15, 0.2) is 0 Å². The van der Waals surface area contributed by atoms with Gasteiger partial charge in [0.25, 0.3) is 0 Å². The first-order valence-corrected chi connectivity index (χ1v) is 6.70. The number of aryl methyl sites for hydroxylation is 1. The molecule has 1 unspecified atom stereocenters. The maximum Gasteiger partial charge on any atom is 0.134 e. The van der Waals surface area contributed by atoms with Gasteiger partial charge in [-0.25, -0.2) is 4.98 Å². The van der Waals surface area contributed by atoms with E-state index < -0.39 is 0 Å². The number of hydrogen-bond acceptors (Lipinski definition) is 4. The predicted octanol–water partition coefficient (Wildman–Crippen LogP) is 0.848. The van der Waals surface area contributed by atoms with Crippen molar-refractivity contribution < 1.29 is 9.47 Å². The smallest absolute Gasteiger partial charge is 0.134 e. The molecular weight excluding hydrogens is 230 g/mol. The number of piperidine rings is 1. The minimum atomic E-state index is 0.0809. The summed E-state index contributed by atoms with van der Waals surface area (Å²) in [6, 6.07) is 0. The van der Waals surface area contributed by atoms with E-state index in [2.05, 4.69) is 10.3 Å². The van der Waals surface area contributed by atoms with Gasteiger partial charge in [0.2, 0.25) is 0 Å². The Balaban J connectivity index is 1.52. The minimum Gasteiger partial charge on any atom is -0.372 e. The number of rotatable bonds is 3. The molecule has 1 atom stereocenters. The monoisotopic (exact) mass is 251 g/mol.